The Morgan fingerprint density at radius 1 is 1.24 bits per heavy atom. The number of halogens is 2. The van der Waals surface area contributed by atoms with E-state index in [0.717, 1.165) is 13.0 Å². The van der Waals surface area contributed by atoms with Gasteiger partial charge in [-0.3, -0.25) is 0 Å². The van der Waals surface area contributed by atoms with E-state index in [1.807, 2.05) is 18.7 Å². The minimum atomic E-state index is -0.463. The molecule has 2 N–H and O–H groups in total. The molecule has 0 amide bonds. The van der Waals surface area contributed by atoms with Gasteiger partial charge in [0, 0.05) is 19.1 Å². The molecule has 4 heteroatoms. The number of rotatable bonds is 7. The average Bonchev–Trinajstić information content (AvgIpc) is 2.39. The Morgan fingerprint density at radius 2 is 1.86 bits per heavy atom. The van der Waals surface area contributed by atoms with Crippen molar-refractivity contribution in [2.45, 2.75) is 52.0 Å². The van der Waals surface area contributed by atoms with E-state index in [-0.39, 0.29) is 11.7 Å². The Labute approximate surface area is 126 Å². The second kappa shape index (κ2) is 7.21. The first-order chi connectivity index (χ1) is 10.0. The van der Waals surface area contributed by atoms with E-state index < -0.39 is 11.6 Å². The van der Waals surface area contributed by atoms with Crippen LogP contribution in [0.1, 0.15) is 45.1 Å². The normalized spacial score (nSPS) is 16.6. The number of anilines is 1. The number of hydrogen-bond donors (Lipinski definition) is 1. The summed E-state index contributed by atoms with van der Waals surface area (Å²) in [5.74, 6) is -0.346. The molecule has 1 fully saturated rings. The molecule has 1 aromatic carbocycles. The third-order valence-electron chi connectivity index (χ3n) is 4.50. The molecule has 1 aliphatic carbocycles. The van der Waals surface area contributed by atoms with Gasteiger partial charge in [-0.05, 0) is 56.2 Å². The van der Waals surface area contributed by atoms with Gasteiger partial charge < -0.3 is 10.6 Å². The zero-order chi connectivity index (χ0) is 15.4. The summed E-state index contributed by atoms with van der Waals surface area (Å²) in [6.45, 7) is 5.29. The molecule has 0 aliphatic heterocycles. The summed E-state index contributed by atoms with van der Waals surface area (Å²) in [7, 11) is 0. The molecule has 1 aliphatic rings. The van der Waals surface area contributed by atoms with Gasteiger partial charge in [-0.25, -0.2) is 8.78 Å². The van der Waals surface area contributed by atoms with Crippen LogP contribution in [0.3, 0.4) is 0 Å². The van der Waals surface area contributed by atoms with Gasteiger partial charge >= 0.3 is 0 Å². The molecule has 21 heavy (non-hydrogen) atoms. The molecule has 1 saturated carbocycles. The lowest BCUT2D eigenvalue weighted by Gasteiger charge is -2.33. The van der Waals surface area contributed by atoms with Crippen molar-refractivity contribution in [1.82, 2.24) is 0 Å². The summed E-state index contributed by atoms with van der Waals surface area (Å²) < 4.78 is 28.7. The topological polar surface area (TPSA) is 29.3 Å². The lowest BCUT2D eigenvalue weighted by Crippen LogP contribution is -2.33. The van der Waals surface area contributed by atoms with Crippen LogP contribution >= 0.6 is 0 Å². The number of nitrogens with zero attached hydrogens (tertiary/aromatic N) is 1. The molecule has 0 heterocycles. The van der Waals surface area contributed by atoms with Crippen molar-refractivity contribution in [3.05, 3.63) is 29.3 Å². The smallest absolute Gasteiger partial charge is 0.149 e. The van der Waals surface area contributed by atoms with Crippen molar-refractivity contribution in [2.24, 2.45) is 11.7 Å². The molecule has 0 aromatic heterocycles. The fourth-order valence-corrected chi connectivity index (χ4v) is 2.85. The maximum atomic E-state index is 14.4. The highest BCUT2D eigenvalue weighted by Crippen LogP contribution is 2.31. The zero-order valence-electron chi connectivity index (χ0n) is 13.0. The van der Waals surface area contributed by atoms with Gasteiger partial charge in [0.25, 0.3) is 0 Å². The van der Waals surface area contributed by atoms with Gasteiger partial charge in [-0.1, -0.05) is 13.3 Å². The standard InChI is InChI=1S/C17H26F2N2/c1-3-14(20)8-13-9-15(18)17(16(19)10-13)21(4-2)11-12-6-5-7-12/h9-10,12,14H,3-8,11,20H2,1-2H3. The van der Waals surface area contributed by atoms with Crippen molar-refractivity contribution in [3.8, 4) is 0 Å². The summed E-state index contributed by atoms with van der Waals surface area (Å²) in [5.41, 5.74) is 6.63. The van der Waals surface area contributed by atoms with Crippen LogP contribution in [0.4, 0.5) is 14.5 Å². The fourth-order valence-electron chi connectivity index (χ4n) is 2.85. The second-order valence-electron chi connectivity index (χ2n) is 6.12. The van der Waals surface area contributed by atoms with E-state index >= 15 is 0 Å². The van der Waals surface area contributed by atoms with Crippen molar-refractivity contribution < 1.29 is 8.78 Å². The molecule has 2 nitrogen and oxygen atoms in total. The Balaban J connectivity index is 2.17. The predicted octanol–water partition coefficient (Wildman–Crippen LogP) is 3.87. The van der Waals surface area contributed by atoms with Crippen molar-refractivity contribution in [1.29, 1.82) is 0 Å². The van der Waals surface area contributed by atoms with Crippen LogP contribution in [0.25, 0.3) is 0 Å². The first-order valence-corrected chi connectivity index (χ1v) is 8.03. The third-order valence-corrected chi connectivity index (χ3v) is 4.50. The van der Waals surface area contributed by atoms with E-state index in [0.29, 0.717) is 24.4 Å². The van der Waals surface area contributed by atoms with Gasteiger partial charge in [-0.2, -0.15) is 0 Å². The highest BCUT2D eigenvalue weighted by molar-refractivity contribution is 5.51. The van der Waals surface area contributed by atoms with Crippen molar-refractivity contribution in [2.75, 3.05) is 18.0 Å². The largest absolute Gasteiger partial charge is 0.367 e. The van der Waals surface area contributed by atoms with E-state index in [1.165, 1.54) is 31.4 Å². The Morgan fingerprint density at radius 3 is 2.29 bits per heavy atom. The summed E-state index contributed by atoms with van der Waals surface area (Å²) in [4.78, 5) is 1.83. The molecule has 0 radical (unpaired) electrons. The molecule has 0 bridgehead atoms. The van der Waals surface area contributed by atoms with Crippen LogP contribution in [0.5, 0.6) is 0 Å². The fraction of sp³-hybridized carbons (Fsp3) is 0.647. The third kappa shape index (κ3) is 3.94. The number of benzene rings is 1. The average molecular weight is 296 g/mol. The summed E-state index contributed by atoms with van der Waals surface area (Å²) in [6, 6.07) is 2.83. The summed E-state index contributed by atoms with van der Waals surface area (Å²) in [6.07, 6.45) is 4.89. The first-order valence-electron chi connectivity index (χ1n) is 8.03. The molecular formula is C17H26F2N2. The minimum absolute atomic E-state index is 0.0492. The van der Waals surface area contributed by atoms with Gasteiger partial charge in [0.15, 0.2) is 0 Å². The van der Waals surface area contributed by atoms with Gasteiger partial charge in [0.2, 0.25) is 0 Å². The lowest BCUT2D eigenvalue weighted by molar-refractivity contribution is 0.317. The SMILES string of the molecule is CCC(N)Cc1cc(F)c(N(CC)CC2CCC2)c(F)c1. The van der Waals surface area contributed by atoms with Crippen LogP contribution < -0.4 is 10.6 Å². The molecule has 1 atom stereocenters. The highest BCUT2D eigenvalue weighted by Gasteiger charge is 2.24. The quantitative estimate of drug-likeness (QED) is 0.827. The molecule has 0 spiro atoms. The molecule has 1 unspecified atom stereocenters. The zero-order valence-corrected chi connectivity index (χ0v) is 13.0. The first kappa shape index (κ1) is 16.2. The molecule has 118 valence electrons. The van der Waals surface area contributed by atoms with E-state index in [2.05, 4.69) is 0 Å². The lowest BCUT2D eigenvalue weighted by atomic mass is 9.85. The van der Waals surface area contributed by atoms with Crippen LogP contribution in [-0.2, 0) is 6.42 Å². The maximum Gasteiger partial charge on any atom is 0.149 e. The summed E-state index contributed by atoms with van der Waals surface area (Å²) in [5, 5.41) is 0. The maximum absolute atomic E-state index is 14.4. The van der Waals surface area contributed by atoms with Crippen LogP contribution in [0.2, 0.25) is 0 Å². The molecule has 0 saturated heterocycles. The van der Waals surface area contributed by atoms with Crippen LogP contribution in [-0.4, -0.2) is 19.1 Å². The highest BCUT2D eigenvalue weighted by atomic mass is 19.1. The molecule has 2 rings (SSSR count). The van der Waals surface area contributed by atoms with Crippen LogP contribution in [0.15, 0.2) is 12.1 Å². The molecular weight excluding hydrogens is 270 g/mol. The number of nitrogens with two attached hydrogens (primary N) is 1. The van der Waals surface area contributed by atoms with E-state index in [9.17, 15) is 8.78 Å². The Bertz CT molecular complexity index is 449. The monoisotopic (exact) mass is 296 g/mol. The Hall–Kier alpha value is -1.16. The van der Waals surface area contributed by atoms with Gasteiger partial charge in [0.1, 0.15) is 17.3 Å². The van der Waals surface area contributed by atoms with Gasteiger partial charge in [-0.15, -0.1) is 0 Å². The predicted molar refractivity (Wildman–Crippen MR) is 83.6 cm³/mol. The Kier molecular flexibility index (Phi) is 5.57. The van der Waals surface area contributed by atoms with E-state index in [4.69, 9.17) is 5.73 Å². The van der Waals surface area contributed by atoms with Crippen molar-refractivity contribution in [3.63, 3.8) is 0 Å². The minimum Gasteiger partial charge on any atom is -0.367 e. The molecule has 1 aromatic rings. The van der Waals surface area contributed by atoms with Crippen LogP contribution in [0, 0.1) is 17.6 Å². The van der Waals surface area contributed by atoms with Gasteiger partial charge in [0.05, 0.1) is 0 Å². The summed E-state index contributed by atoms with van der Waals surface area (Å²) >= 11 is 0. The van der Waals surface area contributed by atoms with E-state index in [1.54, 1.807) is 0 Å². The second-order valence-corrected chi connectivity index (χ2v) is 6.12. The van der Waals surface area contributed by atoms with Crippen molar-refractivity contribution >= 4 is 5.69 Å². The number of hydrogen-bond acceptors (Lipinski definition) is 2.